The fraction of sp³-hybridized carbons (Fsp3) is 0.889. The molecule has 1 amide bonds. The van der Waals surface area contributed by atoms with Crippen LogP contribution in [-0.4, -0.2) is 55.8 Å². The first-order chi connectivity index (χ1) is 7.73. The van der Waals surface area contributed by atoms with E-state index in [0.29, 0.717) is 13.1 Å². The first-order valence-corrected chi connectivity index (χ1v) is 7.06. The maximum atomic E-state index is 11.9. The van der Waals surface area contributed by atoms with E-state index in [1.54, 1.807) is 4.90 Å². The van der Waals surface area contributed by atoms with Crippen LogP contribution in [0.2, 0.25) is 0 Å². The van der Waals surface area contributed by atoms with Gasteiger partial charge in [0.15, 0.2) is 0 Å². The summed E-state index contributed by atoms with van der Waals surface area (Å²) in [6.07, 6.45) is 0. The SMILES string of the molecule is CC(C)[C@H](N)C(=O)N1CCN(S(N)(=O)=O)CC1.Cl. The molecule has 0 unspecified atom stereocenters. The smallest absolute Gasteiger partial charge is 0.277 e. The van der Waals surface area contributed by atoms with Crippen LogP contribution in [-0.2, 0) is 15.0 Å². The van der Waals surface area contributed by atoms with E-state index in [2.05, 4.69) is 0 Å². The number of carbonyl (C=O) groups is 1. The lowest BCUT2D eigenvalue weighted by atomic mass is 10.0. The summed E-state index contributed by atoms with van der Waals surface area (Å²) in [5, 5.41) is 5.01. The third kappa shape index (κ3) is 4.36. The minimum atomic E-state index is -3.65. The fourth-order valence-corrected chi connectivity index (χ4v) is 2.33. The normalized spacial score (nSPS) is 19.5. The number of nitrogens with zero attached hydrogens (tertiary/aromatic N) is 2. The van der Waals surface area contributed by atoms with Gasteiger partial charge in [0.2, 0.25) is 5.91 Å². The second kappa shape index (κ2) is 6.67. The Hall–Kier alpha value is -0.410. The van der Waals surface area contributed by atoms with Gasteiger partial charge >= 0.3 is 0 Å². The fourth-order valence-electron chi connectivity index (χ4n) is 1.66. The summed E-state index contributed by atoms with van der Waals surface area (Å²) in [6.45, 7) is 4.91. The average Bonchev–Trinajstić information content (AvgIpc) is 2.26. The van der Waals surface area contributed by atoms with Crippen molar-refractivity contribution in [2.45, 2.75) is 19.9 Å². The van der Waals surface area contributed by atoms with Gasteiger partial charge < -0.3 is 10.6 Å². The second-order valence-corrected chi connectivity index (χ2v) is 6.09. The Morgan fingerprint density at radius 1 is 1.17 bits per heavy atom. The molecule has 4 N–H and O–H groups in total. The Morgan fingerprint density at radius 3 is 1.94 bits per heavy atom. The van der Waals surface area contributed by atoms with Crippen LogP contribution < -0.4 is 10.9 Å². The van der Waals surface area contributed by atoms with Crippen LogP contribution in [0.3, 0.4) is 0 Å². The van der Waals surface area contributed by atoms with Crippen molar-refractivity contribution in [3.05, 3.63) is 0 Å². The maximum absolute atomic E-state index is 11.9. The van der Waals surface area contributed by atoms with Gasteiger partial charge in [-0.25, -0.2) is 5.14 Å². The molecule has 108 valence electrons. The van der Waals surface area contributed by atoms with Gasteiger partial charge in [0.05, 0.1) is 6.04 Å². The van der Waals surface area contributed by atoms with Crippen molar-refractivity contribution in [1.82, 2.24) is 9.21 Å². The summed E-state index contributed by atoms with van der Waals surface area (Å²) in [4.78, 5) is 13.5. The molecule has 0 aromatic heterocycles. The zero-order valence-corrected chi connectivity index (χ0v) is 12.2. The van der Waals surface area contributed by atoms with Crippen molar-refractivity contribution in [3.8, 4) is 0 Å². The molecule has 1 atom stereocenters. The van der Waals surface area contributed by atoms with E-state index in [4.69, 9.17) is 10.9 Å². The van der Waals surface area contributed by atoms with Gasteiger partial charge in [-0.05, 0) is 5.92 Å². The molecule has 1 saturated heterocycles. The van der Waals surface area contributed by atoms with Crippen LogP contribution in [0.25, 0.3) is 0 Å². The number of hydrogen-bond acceptors (Lipinski definition) is 4. The summed E-state index contributed by atoms with van der Waals surface area (Å²) >= 11 is 0. The van der Waals surface area contributed by atoms with E-state index in [0.717, 1.165) is 4.31 Å². The van der Waals surface area contributed by atoms with Crippen LogP contribution >= 0.6 is 12.4 Å². The molecular weight excluding hydrogens is 280 g/mol. The monoisotopic (exact) mass is 300 g/mol. The van der Waals surface area contributed by atoms with Crippen molar-refractivity contribution in [1.29, 1.82) is 0 Å². The second-order valence-electron chi connectivity index (χ2n) is 4.54. The number of halogens is 1. The molecular formula is C9H21ClN4O3S. The molecule has 1 heterocycles. The third-order valence-corrected chi connectivity index (χ3v) is 4.00. The van der Waals surface area contributed by atoms with E-state index in [9.17, 15) is 13.2 Å². The molecule has 1 fully saturated rings. The van der Waals surface area contributed by atoms with Gasteiger partial charge in [0.1, 0.15) is 0 Å². The summed E-state index contributed by atoms with van der Waals surface area (Å²) in [7, 11) is -3.65. The molecule has 0 saturated carbocycles. The molecule has 1 aliphatic rings. The van der Waals surface area contributed by atoms with Crippen molar-refractivity contribution < 1.29 is 13.2 Å². The zero-order chi connectivity index (χ0) is 13.2. The zero-order valence-electron chi connectivity index (χ0n) is 10.6. The molecule has 1 rings (SSSR count). The number of piperazine rings is 1. The van der Waals surface area contributed by atoms with Crippen LogP contribution in [0.15, 0.2) is 0 Å². The van der Waals surface area contributed by atoms with Crippen LogP contribution in [0, 0.1) is 5.92 Å². The van der Waals surface area contributed by atoms with Gasteiger partial charge in [-0.1, -0.05) is 13.8 Å². The van der Waals surface area contributed by atoms with Gasteiger partial charge in [-0.3, -0.25) is 4.79 Å². The van der Waals surface area contributed by atoms with Crippen LogP contribution in [0.4, 0.5) is 0 Å². The van der Waals surface area contributed by atoms with Gasteiger partial charge in [0, 0.05) is 26.2 Å². The molecule has 0 aromatic rings. The molecule has 0 bridgehead atoms. The van der Waals surface area contributed by atoms with E-state index in [1.807, 2.05) is 13.8 Å². The Kier molecular flexibility index (Phi) is 6.52. The summed E-state index contributed by atoms with van der Waals surface area (Å²) < 4.78 is 23.3. The minimum absolute atomic E-state index is 0. The number of hydrogen-bond donors (Lipinski definition) is 2. The lowest BCUT2D eigenvalue weighted by Crippen LogP contribution is -2.56. The predicted molar refractivity (Wildman–Crippen MR) is 71.3 cm³/mol. The molecule has 9 heteroatoms. The van der Waals surface area contributed by atoms with Gasteiger partial charge in [-0.2, -0.15) is 12.7 Å². The van der Waals surface area contributed by atoms with Gasteiger partial charge in [0.25, 0.3) is 10.2 Å². The molecule has 0 radical (unpaired) electrons. The minimum Gasteiger partial charge on any atom is -0.339 e. The summed E-state index contributed by atoms with van der Waals surface area (Å²) in [6, 6.07) is -0.531. The van der Waals surface area contributed by atoms with E-state index < -0.39 is 16.3 Å². The van der Waals surface area contributed by atoms with Crippen molar-refractivity contribution in [2.75, 3.05) is 26.2 Å². The molecule has 7 nitrogen and oxygen atoms in total. The predicted octanol–water partition coefficient (Wildman–Crippen LogP) is -1.26. The first kappa shape index (κ1) is 17.6. The topological polar surface area (TPSA) is 110 Å². The number of rotatable bonds is 3. The Labute approximate surface area is 114 Å². The average molecular weight is 301 g/mol. The molecule has 0 spiro atoms. The highest BCUT2D eigenvalue weighted by Gasteiger charge is 2.29. The largest absolute Gasteiger partial charge is 0.339 e. The Balaban J connectivity index is 0.00000289. The molecule has 1 aliphatic heterocycles. The van der Waals surface area contributed by atoms with Crippen molar-refractivity contribution >= 4 is 28.5 Å². The summed E-state index contributed by atoms with van der Waals surface area (Å²) in [5.41, 5.74) is 5.76. The molecule has 18 heavy (non-hydrogen) atoms. The van der Waals surface area contributed by atoms with Crippen LogP contribution in [0.1, 0.15) is 13.8 Å². The molecule has 0 aromatic carbocycles. The highest BCUT2D eigenvalue weighted by atomic mass is 35.5. The lowest BCUT2D eigenvalue weighted by molar-refractivity contribution is -0.134. The Morgan fingerprint density at radius 2 is 1.61 bits per heavy atom. The van der Waals surface area contributed by atoms with E-state index >= 15 is 0 Å². The third-order valence-electron chi connectivity index (χ3n) is 2.91. The highest BCUT2D eigenvalue weighted by Crippen LogP contribution is 2.08. The van der Waals surface area contributed by atoms with E-state index in [1.165, 1.54) is 0 Å². The first-order valence-electron chi connectivity index (χ1n) is 5.55. The van der Waals surface area contributed by atoms with Crippen LogP contribution in [0.5, 0.6) is 0 Å². The van der Waals surface area contributed by atoms with Crippen molar-refractivity contribution in [2.24, 2.45) is 16.8 Å². The molecule has 0 aliphatic carbocycles. The Bertz CT molecular complexity index is 379. The number of nitrogens with two attached hydrogens (primary N) is 2. The summed E-state index contributed by atoms with van der Waals surface area (Å²) in [5.74, 6) is -0.0622. The number of carbonyl (C=O) groups excluding carboxylic acids is 1. The number of amides is 1. The van der Waals surface area contributed by atoms with Crippen molar-refractivity contribution in [3.63, 3.8) is 0 Å². The standard InChI is InChI=1S/C9H20N4O3S.ClH/c1-7(2)8(10)9(14)12-3-5-13(6-4-12)17(11,15)16;/h7-8H,3-6,10H2,1-2H3,(H2,11,15,16);1H/t8-;/m0./s1. The van der Waals surface area contributed by atoms with E-state index in [-0.39, 0.29) is 37.3 Å². The van der Waals surface area contributed by atoms with Gasteiger partial charge in [-0.15, -0.1) is 12.4 Å². The maximum Gasteiger partial charge on any atom is 0.277 e. The highest BCUT2D eigenvalue weighted by molar-refractivity contribution is 7.86. The lowest BCUT2D eigenvalue weighted by Gasteiger charge is -2.34. The quantitative estimate of drug-likeness (QED) is 0.678.